The van der Waals surface area contributed by atoms with Crippen LogP contribution in [0.4, 0.5) is 5.82 Å². The molecule has 12 heteroatoms. The minimum Gasteiger partial charge on any atom is -0.368 e. The summed E-state index contributed by atoms with van der Waals surface area (Å²) in [5.74, 6) is 0.296. The van der Waals surface area contributed by atoms with Crippen LogP contribution in [0.15, 0.2) is 53.5 Å². The Bertz CT molecular complexity index is 1490. The molecule has 4 heterocycles. The van der Waals surface area contributed by atoms with Crippen LogP contribution < -0.4 is 11.0 Å². The molecule has 1 aliphatic carbocycles. The van der Waals surface area contributed by atoms with E-state index < -0.39 is 35.4 Å². The van der Waals surface area contributed by atoms with Crippen LogP contribution in [0.2, 0.25) is 0 Å². The van der Waals surface area contributed by atoms with Gasteiger partial charge in [-0.05, 0) is 76.3 Å². The number of hydrogen-bond acceptors (Lipinski definition) is 9. The lowest BCUT2D eigenvalue weighted by atomic mass is 9.77. The number of fused-ring (bicyclic) bond motifs is 3. The van der Waals surface area contributed by atoms with Gasteiger partial charge in [-0.2, -0.15) is 4.98 Å². The predicted octanol–water partition coefficient (Wildman–Crippen LogP) is 5.76. The Morgan fingerprint density at radius 3 is 2.83 bits per heavy atom. The van der Waals surface area contributed by atoms with Crippen molar-refractivity contribution in [2.75, 3.05) is 11.9 Å². The number of aryl methyl sites for hydroxylation is 1. The van der Waals surface area contributed by atoms with Crippen molar-refractivity contribution in [1.82, 2.24) is 9.55 Å². The molecule has 2 bridgehead atoms. The van der Waals surface area contributed by atoms with Gasteiger partial charge in [-0.15, -0.1) is 0 Å². The second-order valence-electron chi connectivity index (χ2n) is 11.8. The average molecular weight is 618 g/mol. The number of nitrogens with one attached hydrogen (secondary N) is 1. The Morgan fingerprint density at radius 1 is 1.37 bits per heavy atom. The maximum atomic E-state index is 13.3. The highest BCUT2D eigenvalue weighted by molar-refractivity contribution is 8.68. The molecule has 8 atom stereocenters. The third-order valence-corrected chi connectivity index (χ3v) is 14.7. The Kier molecular flexibility index (Phi) is 7.63. The topological polar surface area (TPSA) is 101 Å². The maximum absolute atomic E-state index is 13.3. The van der Waals surface area contributed by atoms with E-state index in [1.807, 2.05) is 13.0 Å². The first-order valence-corrected chi connectivity index (χ1v) is 18.1. The van der Waals surface area contributed by atoms with Gasteiger partial charge in [0.25, 0.3) is 5.91 Å². The standard InChI is InChI=1S/C29H36N3O6PS2/c1-6-29-16-35-22(23(29)38-39(40)37-21-14-20(17(2)3)12-13-28(21,5)41-39)26(36-29)32-15-18(4)24(31-27(32)34)30-25(33)19-10-8-7-9-11-19/h7-11,15,20-23,26H,2,6,12-14,16H2,1,3-5H3,(H,30,31,33,34)/t20-,21+,22-,23?,26+,28+,29-,39+/m0/s1. The summed E-state index contributed by atoms with van der Waals surface area (Å²) in [6.45, 7) is 12.6. The molecule has 0 radical (unpaired) electrons. The average Bonchev–Trinajstić information content (AvgIpc) is 3.53. The molecule has 1 unspecified atom stereocenters. The van der Waals surface area contributed by atoms with E-state index in [0.29, 0.717) is 30.1 Å². The number of benzene rings is 1. The number of rotatable bonds is 7. The van der Waals surface area contributed by atoms with Crippen molar-refractivity contribution in [2.45, 2.75) is 88.3 Å². The number of anilines is 1. The van der Waals surface area contributed by atoms with Crippen LogP contribution in [0, 0.1) is 12.8 Å². The lowest BCUT2D eigenvalue weighted by molar-refractivity contribution is -0.175. The van der Waals surface area contributed by atoms with Crippen LogP contribution in [0.3, 0.4) is 0 Å². The third-order valence-electron chi connectivity index (χ3n) is 8.93. The number of carbonyl (C=O) groups is 1. The first-order chi connectivity index (χ1) is 19.5. The Balaban J connectivity index is 1.22. The molecule has 0 spiro atoms. The summed E-state index contributed by atoms with van der Waals surface area (Å²) in [5, 5.41) is 2.74. The quantitative estimate of drug-likeness (QED) is 0.307. The van der Waals surface area contributed by atoms with Gasteiger partial charge >= 0.3 is 5.69 Å². The summed E-state index contributed by atoms with van der Waals surface area (Å²) in [7, 11) is 0. The fraction of sp³-hybridized carbons (Fsp3) is 0.552. The highest BCUT2D eigenvalue weighted by Crippen LogP contribution is 2.77. The monoisotopic (exact) mass is 617 g/mol. The van der Waals surface area contributed by atoms with Crippen LogP contribution in [-0.4, -0.2) is 50.7 Å². The van der Waals surface area contributed by atoms with Gasteiger partial charge in [0.15, 0.2) is 6.23 Å². The molecule has 1 aromatic carbocycles. The zero-order chi connectivity index (χ0) is 29.2. The molecule has 2 aromatic rings. The van der Waals surface area contributed by atoms with Crippen LogP contribution in [0.5, 0.6) is 0 Å². The first-order valence-electron chi connectivity index (χ1n) is 14.0. The zero-order valence-corrected chi connectivity index (χ0v) is 26.2. The van der Waals surface area contributed by atoms with E-state index in [1.54, 1.807) is 48.8 Å². The van der Waals surface area contributed by atoms with Crippen molar-refractivity contribution < 1.29 is 23.3 Å². The fourth-order valence-corrected chi connectivity index (χ4v) is 13.9. The van der Waals surface area contributed by atoms with Gasteiger partial charge in [0, 0.05) is 22.1 Å². The van der Waals surface area contributed by atoms with Crippen molar-refractivity contribution in [3.05, 3.63) is 70.3 Å². The lowest BCUT2D eigenvalue weighted by Gasteiger charge is -2.37. The Hall–Kier alpha value is -1.85. The van der Waals surface area contributed by atoms with Crippen LogP contribution in [-0.2, 0) is 30.3 Å². The van der Waals surface area contributed by atoms with Crippen LogP contribution in [0.1, 0.15) is 68.6 Å². The molecule has 1 amide bonds. The second-order valence-corrected chi connectivity index (χ2v) is 18.3. The molecule has 220 valence electrons. The molecule has 1 N–H and O–H groups in total. The molecular weight excluding hydrogens is 581 g/mol. The number of aromatic nitrogens is 2. The SMILES string of the molecule is C=C(C)[C@H]1CC[C@@]2(C)S[P@@](=S)(OC3[C@@H]4OC[C@]3(CC)O[C@H]4n3cc(C)c(NC(=O)c4ccccc4)nc3=O)O[C@@H]2C1. The molecule has 41 heavy (non-hydrogen) atoms. The van der Waals surface area contributed by atoms with Crippen LogP contribution >= 0.6 is 17.1 Å². The van der Waals surface area contributed by atoms with Gasteiger partial charge in [-0.25, -0.2) is 4.79 Å². The van der Waals surface area contributed by atoms with Crippen molar-refractivity contribution in [2.24, 2.45) is 5.92 Å². The van der Waals surface area contributed by atoms with E-state index in [9.17, 15) is 9.59 Å². The molecule has 4 fully saturated rings. The second kappa shape index (κ2) is 10.7. The summed E-state index contributed by atoms with van der Waals surface area (Å²) in [5.41, 5.74) is -1.75. The predicted molar refractivity (Wildman–Crippen MR) is 163 cm³/mol. The van der Waals surface area contributed by atoms with E-state index in [0.717, 1.165) is 19.3 Å². The minimum absolute atomic E-state index is 0.0103. The van der Waals surface area contributed by atoms with E-state index in [1.165, 1.54) is 10.1 Å². The first kappa shape index (κ1) is 29.2. The van der Waals surface area contributed by atoms with E-state index >= 15 is 0 Å². The molecule has 6 rings (SSSR count). The van der Waals surface area contributed by atoms with Gasteiger partial charge in [-0.3, -0.25) is 9.36 Å². The van der Waals surface area contributed by atoms with E-state index in [4.69, 9.17) is 30.3 Å². The lowest BCUT2D eigenvalue weighted by Crippen LogP contribution is -2.41. The third kappa shape index (κ3) is 5.18. The van der Waals surface area contributed by atoms with Crippen molar-refractivity contribution in [3.8, 4) is 0 Å². The Morgan fingerprint density at radius 2 is 2.12 bits per heavy atom. The van der Waals surface area contributed by atoms with E-state index in [-0.39, 0.29) is 22.6 Å². The number of allylic oxidation sites excluding steroid dienone is 1. The normalized spacial score (nSPS) is 37.6. The van der Waals surface area contributed by atoms with Gasteiger partial charge in [0.1, 0.15) is 23.6 Å². The van der Waals surface area contributed by atoms with Crippen molar-refractivity contribution in [3.63, 3.8) is 0 Å². The molecule has 1 aromatic heterocycles. The number of carbonyl (C=O) groups excluding carboxylic acids is 1. The molecule has 4 aliphatic rings. The van der Waals surface area contributed by atoms with Gasteiger partial charge in [0.05, 0.1) is 12.7 Å². The summed E-state index contributed by atoms with van der Waals surface area (Å²) < 4.78 is 27.4. The molecule has 9 nitrogen and oxygen atoms in total. The largest absolute Gasteiger partial charge is 0.368 e. The van der Waals surface area contributed by atoms with Crippen LogP contribution in [0.25, 0.3) is 0 Å². The molecule has 3 saturated heterocycles. The summed E-state index contributed by atoms with van der Waals surface area (Å²) >= 11 is 7.77. The minimum atomic E-state index is -2.72. The van der Waals surface area contributed by atoms with E-state index in [2.05, 4.69) is 30.7 Å². The highest BCUT2D eigenvalue weighted by Gasteiger charge is 2.65. The number of amides is 1. The number of ether oxygens (including phenoxy) is 2. The molecule has 1 saturated carbocycles. The van der Waals surface area contributed by atoms with Gasteiger partial charge in [0.2, 0.25) is 5.69 Å². The zero-order valence-electron chi connectivity index (χ0n) is 23.7. The Labute approximate surface area is 249 Å². The molecule has 3 aliphatic heterocycles. The highest BCUT2D eigenvalue weighted by atomic mass is 32.9. The van der Waals surface area contributed by atoms with Crippen molar-refractivity contribution >= 4 is 40.6 Å². The van der Waals surface area contributed by atoms with Gasteiger partial charge < -0.3 is 23.8 Å². The maximum Gasteiger partial charge on any atom is 0.351 e. The van der Waals surface area contributed by atoms with Gasteiger partial charge in [-0.1, -0.05) is 48.7 Å². The van der Waals surface area contributed by atoms with Crippen molar-refractivity contribution in [1.29, 1.82) is 0 Å². The summed E-state index contributed by atoms with van der Waals surface area (Å²) in [6, 6.07) is 8.79. The fourth-order valence-electron chi connectivity index (χ4n) is 6.32. The number of hydrogen-bond donors (Lipinski definition) is 1. The molecular formula is C29H36N3O6PS2. The summed E-state index contributed by atoms with van der Waals surface area (Å²) in [6.07, 6.45) is 3.47. The summed E-state index contributed by atoms with van der Waals surface area (Å²) in [4.78, 5) is 30.1. The number of nitrogens with zero attached hydrogens (tertiary/aromatic N) is 2. The smallest absolute Gasteiger partial charge is 0.351 e.